The lowest BCUT2D eigenvalue weighted by atomic mass is 10.2. The molecule has 2 N–H and O–H groups in total. The van der Waals surface area contributed by atoms with Crippen LogP contribution >= 0.6 is 0 Å². The van der Waals surface area contributed by atoms with Gasteiger partial charge < -0.3 is 15.0 Å². The Morgan fingerprint density at radius 2 is 1.90 bits per heavy atom. The number of nitrogens with zero attached hydrogens (tertiary/aromatic N) is 2. The fourth-order valence-corrected chi connectivity index (χ4v) is 2.31. The molecule has 0 aliphatic rings. The lowest BCUT2D eigenvalue weighted by Gasteiger charge is -2.19. The van der Waals surface area contributed by atoms with E-state index in [0.29, 0.717) is 0 Å². The van der Waals surface area contributed by atoms with E-state index in [1.807, 2.05) is 31.2 Å². The second-order valence-corrected chi connectivity index (χ2v) is 5.33. The van der Waals surface area contributed by atoms with Crippen molar-refractivity contribution in [2.75, 3.05) is 0 Å². The number of fused-ring (bicyclic) bond motifs is 1. The normalized spacial score (nSPS) is 14.5. The van der Waals surface area contributed by atoms with Gasteiger partial charge in [0.05, 0.1) is 17.1 Å². The van der Waals surface area contributed by atoms with E-state index in [-0.39, 0.29) is 18.0 Å². The molecule has 2 atom stereocenters. The number of aliphatic hydroxyl groups is 1. The van der Waals surface area contributed by atoms with E-state index in [4.69, 9.17) is 0 Å². The van der Waals surface area contributed by atoms with Crippen LogP contribution in [0.15, 0.2) is 24.3 Å². The van der Waals surface area contributed by atoms with Gasteiger partial charge >= 0.3 is 0 Å². The third-order valence-corrected chi connectivity index (χ3v) is 3.26. The minimum Gasteiger partial charge on any atom is -0.384 e. The Morgan fingerprint density at radius 3 is 2.50 bits per heavy atom. The van der Waals surface area contributed by atoms with E-state index in [9.17, 15) is 9.90 Å². The van der Waals surface area contributed by atoms with Crippen molar-refractivity contribution in [1.29, 1.82) is 0 Å². The smallest absolute Gasteiger partial charge is 0.249 e. The molecule has 1 amide bonds. The van der Waals surface area contributed by atoms with Gasteiger partial charge in [0.25, 0.3) is 0 Å². The summed E-state index contributed by atoms with van der Waals surface area (Å²) in [7, 11) is 0. The number of amides is 1. The highest BCUT2D eigenvalue weighted by molar-refractivity contribution is 5.81. The topological polar surface area (TPSA) is 67.2 Å². The summed E-state index contributed by atoms with van der Waals surface area (Å²) in [5.41, 5.74) is 1.96. The summed E-state index contributed by atoms with van der Waals surface area (Å²) in [4.78, 5) is 16.2. The Morgan fingerprint density at radius 1 is 1.25 bits per heavy atom. The maximum Gasteiger partial charge on any atom is 0.249 e. The molecule has 5 nitrogen and oxygen atoms in total. The molecule has 20 heavy (non-hydrogen) atoms. The van der Waals surface area contributed by atoms with E-state index in [2.05, 4.69) is 28.7 Å². The summed E-state index contributed by atoms with van der Waals surface area (Å²) in [6, 6.07) is 7.89. The molecule has 0 aliphatic carbocycles. The number of para-hydroxylation sites is 2. The molecule has 0 saturated carbocycles. The highest BCUT2D eigenvalue weighted by Gasteiger charge is 2.21. The maximum absolute atomic E-state index is 11.6. The summed E-state index contributed by atoms with van der Waals surface area (Å²) >= 11 is 0. The molecular weight excluding hydrogens is 254 g/mol. The Bertz CT molecular complexity index is 617. The molecule has 2 aromatic rings. The quantitative estimate of drug-likeness (QED) is 0.898. The average molecular weight is 275 g/mol. The van der Waals surface area contributed by atoms with Gasteiger partial charge in [0.15, 0.2) is 0 Å². The van der Waals surface area contributed by atoms with Crippen LogP contribution in [-0.4, -0.2) is 26.7 Å². The lowest BCUT2D eigenvalue weighted by Crippen LogP contribution is -2.35. The third-order valence-electron chi connectivity index (χ3n) is 3.26. The minimum absolute atomic E-state index is 0.239. The number of carbonyl (C=O) groups excluding carboxylic acids is 1. The number of nitrogens with one attached hydrogen (secondary N) is 1. The Hall–Kier alpha value is -1.88. The highest BCUT2D eigenvalue weighted by Crippen LogP contribution is 2.24. The fraction of sp³-hybridized carbons (Fsp3) is 0.467. The first-order valence-electron chi connectivity index (χ1n) is 6.87. The highest BCUT2D eigenvalue weighted by atomic mass is 16.3. The molecule has 1 aromatic heterocycles. The van der Waals surface area contributed by atoms with Crippen molar-refractivity contribution in [2.45, 2.75) is 45.9 Å². The van der Waals surface area contributed by atoms with Crippen LogP contribution in [0.3, 0.4) is 0 Å². The zero-order valence-corrected chi connectivity index (χ0v) is 12.3. The second-order valence-electron chi connectivity index (χ2n) is 5.33. The number of benzene rings is 1. The number of imidazole rings is 1. The Kier molecular flexibility index (Phi) is 4.09. The summed E-state index contributed by atoms with van der Waals surface area (Å²) in [5, 5.41) is 12.1. The number of aromatic nitrogens is 2. The van der Waals surface area contributed by atoms with Crippen molar-refractivity contribution >= 4 is 16.9 Å². The Labute approximate surface area is 118 Å². The molecule has 0 bridgehead atoms. The van der Waals surface area contributed by atoms with E-state index in [1.54, 1.807) is 0 Å². The molecule has 0 spiro atoms. The van der Waals surface area contributed by atoms with Crippen molar-refractivity contribution in [1.82, 2.24) is 14.9 Å². The van der Waals surface area contributed by atoms with E-state index < -0.39 is 6.10 Å². The van der Waals surface area contributed by atoms with Gasteiger partial charge in [-0.25, -0.2) is 4.98 Å². The van der Waals surface area contributed by atoms with E-state index in [0.717, 1.165) is 16.9 Å². The van der Waals surface area contributed by atoms with E-state index >= 15 is 0 Å². The standard InChI is InChI=1S/C15H21N3O2/c1-9(2)18-13-8-6-5-7-12(13)17-14(18)10(3)16-15(20)11(4)19/h5-11,19H,1-4H3,(H,16,20). The summed E-state index contributed by atoms with van der Waals surface area (Å²) in [5.74, 6) is 0.412. The molecular formula is C15H21N3O2. The maximum atomic E-state index is 11.6. The molecule has 2 rings (SSSR count). The van der Waals surface area contributed by atoms with Gasteiger partial charge in [-0.1, -0.05) is 12.1 Å². The van der Waals surface area contributed by atoms with Crippen LogP contribution in [0.2, 0.25) is 0 Å². The van der Waals surface area contributed by atoms with Gasteiger partial charge in [0, 0.05) is 6.04 Å². The molecule has 0 saturated heterocycles. The van der Waals surface area contributed by atoms with Gasteiger partial charge in [-0.05, 0) is 39.8 Å². The number of hydrogen-bond donors (Lipinski definition) is 2. The summed E-state index contributed by atoms with van der Waals surface area (Å²) in [6.45, 7) is 7.50. The SMILES string of the molecule is CC(O)C(=O)NC(C)c1nc2ccccc2n1C(C)C. The van der Waals surface area contributed by atoms with Gasteiger partial charge in [0.1, 0.15) is 11.9 Å². The van der Waals surface area contributed by atoms with Gasteiger partial charge in [-0.3, -0.25) is 4.79 Å². The van der Waals surface area contributed by atoms with E-state index in [1.165, 1.54) is 6.92 Å². The van der Waals surface area contributed by atoms with Crippen LogP contribution in [0.1, 0.15) is 45.6 Å². The molecule has 1 heterocycles. The van der Waals surface area contributed by atoms with Crippen LogP contribution in [0.25, 0.3) is 11.0 Å². The molecule has 5 heteroatoms. The first kappa shape index (κ1) is 14.5. The van der Waals surface area contributed by atoms with Crippen molar-refractivity contribution in [3.8, 4) is 0 Å². The number of aliphatic hydroxyl groups excluding tert-OH is 1. The molecule has 0 aliphatic heterocycles. The first-order chi connectivity index (χ1) is 9.41. The average Bonchev–Trinajstić information content (AvgIpc) is 2.77. The van der Waals surface area contributed by atoms with Crippen molar-refractivity contribution in [2.24, 2.45) is 0 Å². The number of hydrogen-bond acceptors (Lipinski definition) is 3. The van der Waals surface area contributed by atoms with Gasteiger partial charge in [-0.15, -0.1) is 0 Å². The van der Waals surface area contributed by atoms with Crippen molar-refractivity contribution in [3.63, 3.8) is 0 Å². The predicted molar refractivity (Wildman–Crippen MR) is 78.4 cm³/mol. The van der Waals surface area contributed by atoms with Gasteiger partial charge in [-0.2, -0.15) is 0 Å². The zero-order valence-electron chi connectivity index (χ0n) is 12.3. The number of rotatable bonds is 4. The molecule has 0 fully saturated rings. The monoisotopic (exact) mass is 275 g/mol. The van der Waals surface area contributed by atoms with Crippen molar-refractivity contribution < 1.29 is 9.90 Å². The largest absolute Gasteiger partial charge is 0.384 e. The summed E-state index contributed by atoms with van der Waals surface area (Å²) < 4.78 is 2.11. The second kappa shape index (κ2) is 5.63. The summed E-state index contributed by atoms with van der Waals surface area (Å²) in [6.07, 6.45) is -1.02. The van der Waals surface area contributed by atoms with Crippen LogP contribution in [0.4, 0.5) is 0 Å². The van der Waals surface area contributed by atoms with Crippen molar-refractivity contribution in [3.05, 3.63) is 30.1 Å². The fourth-order valence-electron chi connectivity index (χ4n) is 2.31. The van der Waals surface area contributed by atoms with Crippen LogP contribution in [0.5, 0.6) is 0 Å². The predicted octanol–water partition coefficient (Wildman–Crippen LogP) is 2.18. The molecule has 1 aromatic carbocycles. The van der Waals surface area contributed by atoms with Gasteiger partial charge in [0.2, 0.25) is 5.91 Å². The lowest BCUT2D eigenvalue weighted by molar-refractivity contribution is -0.129. The first-order valence-corrected chi connectivity index (χ1v) is 6.87. The molecule has 0 radical (unpaired) electrons. The third kappa shape index (κ3) is 2.67. The molecule has 2 unspecified atom stereocenters. The van der Waals surface area contributed by atoms with Crippen LogP contribution < -0.4 is 5.32 Å². The van der Waals surface area contributed by atoms with Crippen LogP contribution in [-0.2, 0) is 4.79 Å². The Balaban J connectivity index is 2.42. The zero-order chi connectivity index (χ0) is 14.9. The minimum atomic E-state index is -1.02. The van der Waals surface area contributed by atoms with Crippen LogP contribution in [0, 0.1) is 0 Å². The number of carbonyl (C=O) groups is 1. The molecule has 108 valence electrons.